The average Bonchev–Trinajstić information content (AvgIpc) is 3.28. The largest absolute Gasteiger partial charge is 0.492 e. The lowest BCUT2D eigenvalue weighted by Gasteiger charge is -2.18. The molecule has 1 aliphatic heterocycles. The van der Waals surface area contributed by atoms with Gasteiger partial charge in [-0.15, -0.1) is 0 Å². The highest BCUT2D eigenvalue weighted by molar-refractivity contribution is 6.22. The molecule has 4 aromatic carbocycles. The van der Waals surface area contributed by atoms with Crippen LogP contribution >= 0.6 is 0 Å². The van der Waals surface area contributed by atoms with Crippen LogP contribution in [-0.4, -0.2) is 39.4 Å². The molecule has 6 rings (SSSR count). The van der Waals surface area contributed by atoms with Crippen molar-refractivity contribution in [1.82, 2.24) is 14.5 Å². The fourth-order valence-electron chi connectivity index (χ4n) is 5.14. The molecule has 0 unspecified atom stereocenters. The van der Waals surface area contributed by atoms with Gasteiger partial charge in [0.15, 0.2) is 0 Å². The minimum Gasteiger partial charge on any atom is -0.492 e. The van der Waals surface area contributed by atoms with Crippen molar-refractivity contribution in [2.75, 3.05) is 13.2 Å². The van der Waals surface area contributed by atoms with Crippen molar-refractivity contribution in [2.45, 2.75) is 26.9 Å². The third kappa shape index (κ3) is 5.64. The van der Waals surface area contributed by atoms with Gasteiger partial charge in [0.2, 0.25) is 0 Å². The molecule has 0 aliphatic carbocycles. The molecular weight excluding hydrogens is 542 g/mol. The zero-order chi connectivity index (χ0) is 29.9. The summed E-state index contributed by atoms with van der Waals surface area (Å²) in [5.74, 6) is 0.979. The summed E-state index contributed by atoms with van der Waals surface area (Å²) in [6, 6.07) is 29.3. The van der Waals surface area contributed by atoms with Crippen LogP contribution in [0.15, 0.2) is 102 Å². The molecule has 2 amide bonds. The number of carbonyl (C=O) groups excluding carboxylic acids is 2. The summed E-state index contributed by atoms with van der Waals surface area (Å²) in [6.07, 6.45) is 0.181. The fraction of sp³-hybridized carbons (Fsp3) is 0.200. The van der Waals surface area contributed by atoms with Crippen LogP contribution in [0.5, 0.6) is 11.5 Å². The predicted octanol–water partition coefficient (Wildman–Crippen LogP) is 5.84. The maximum Gasteiger partial charge on any atom is 0.265 e. The van der Waals surface area contributed by atoms with E-state index in [0.717, 1.165) is 5.56 Å². The SMILES string of the molecule is CC(C)COc1cccc2c1C(=O)N(CCc1nc3ccccc3c(=O)n1-c1ccc(OCc3ccccc3)cc1)C2=O. The molecule has 0 bridgehead atoms. The van der Waals surface area contributed by atoms with Gasteiger partial charge in [0.25, 0.3) is 17.4 Å². The summed E-state index contributed by atoms with van der Waals surface area (Å²) >= 11 is 0. The number of ether oxygens (including phenoxy) is 2. The molecule has 8 heteroatoms. The van der Waals surface area contributed by atoms with Gasteiger partial charge in [0.1, 0.15) is 23.9 Å². The number of para-hydroxylation sites is 1. The van der Waals surface area contributed by atoms with Crippen LogP contribution in [0.25, 0.3) is 16.6 Å². The third-order valence-electron chi connectivity index (χ3n) is 7.28. The van der Waals surface area contributed by atoms with E-state index in [2.05, 4.69) is 0 Å². The number of carbonyl (C=O) groups is 2. The normalized spacial score (nSPS) is 12.7. The topological polar surface area (TPSA) is 90.7 Å². The number of nitrogens with zero attached hydrogens (tertiary/aromatic N) is 3. The molecule has 0 saturated carbocycles. The van der Waals surface area contributed by atoms with E-state index in [4.69, 9.17) is 14.5 Å². The summed E-state index contributed by atoms with van der Waals surface area (Å²) in [6.45, 7) is 4.95. The molecule has 0 fully saturated rings. The first-order valence-electron chi connectivity index (χ1n) is 14.3. The van der Waals surface area contributed by atoms with Crippen LogP contribution in [0.2, 0.25) is 0 Å². The number of fused-ring (bicyclic) bond motifs is 2. The molecule has 0 radical (unpaired) electrons. The first-order valence-corrected chi connectivity index (χ1v) is 14.3. The third-order valence-corrected chi connectivity index (χ3v) is 7.28. The molecule has 8 nitrogen and oxygen atoms in total. The molecule has 43 heavy (non-hydrogen) atoms. The van der Waals surface area contributed by atoms with Gasteiger partial charge in [0.05, 0.1) is 34.3 Å². The maximum atomic E-state index is 13.7. The number of hydrogen-bond donors (Lipinski definition) is 0. The highest BCUT2D eigenvalue weighted by Crippen LogP contribution is 2.31. The fourth-order valence-corrected chi connectivity index (χ4v) is 5.14. The molecule has 0 spiro atoms. The van der Waals surface area contributed by atoms with Gasteiger partial charge in [-0.2, -0.15) is 0 Å². The van der Waals surface area contributed by atoms with E-state index in [-0.39, 0.29) is 35.9 Å². The first-order chi connectivity index (χ1) is 20.9. The Labute approximate surface area is 249 Å². The zero-order valence-corrected chi connectivity index (χ0v) is 24.0. The van der Waals surface area contributed by atoms with E-state index in [1.54, 1.807) is 41.0 Å². The molecule has 1 aromatic heterocycles. The number of amides is 2. The highest BCUT2D eigenvalue weighted by Gasteiger charge is 2.38. The quantitative estimate of drug-likeness (QED) is 0.195. The second-order valence-corrected chi connectivity index (χ2v) is 10.8. The molecule has 5 aromatic rings. The lowest BCUT2D eigenvalue weighted by atomic mass is 10.1. The second kappa shape index (κ2) is 11.9. The Balaban J connectivity index is 1.28. The standard InChI is InChI=1S/C35H31N3O5/c1-23(2)21-43-30-14-8-12-28-32(30)35(41)37(33(28)39)20-19-31-36-29-13-7-6-11-27(29)34(40)38(31)25-15-17-26(18-16-25)42-22-24-9-4-3-5-10-24/h3-18,23H,19-22H2,1-2H3. The van der Waals surface area contributed by atoms with E-state index >= 15 is 0 Å². The lowest BCUT2D eigenvalue weighted by molar-refractivity contribution is 0.0654. The van der Waals surface area contributed by atoms with E-state index < -0.39 is 5.91 Å². The number of rotatable bonds is 10. The number of imide groups is 1. The zero-order valence-electron chi connectivity index (χ0n) is 24.0. The number of aromatic nitrogens is 2. The van der Waals surface area contributed by atoms with Gasteiger partial charge in [-0.05, 0) is 60.0 Å². The van der Waals surface area contributed by atoms with Gasteiger partial charge < -0.3 is 9.47 Å². The van der Waals surface area contributed by atoms with Gasteiger partial charge in [-0.25, -0.2) is 4.98 Å². The maximum absolute atomic E-state index is 13.7. The minimum atomic E-state index is -0.408. The van der Waals surface area contributed by atoms with Crippen molar-refractivity contribution in [3.63, 3.8) is 0 Å². The Kier molecular flexibility index (Phi) is 7.75. The van der Waals surface area contributed by atoms with E-state index in [9.17, 15) is 14.4 Å². The monoisotopic (exact) mass is 573 g/mol. The smallest absolute Gasteiger partial charge is 0.265 e. The summed E-state index contributed by atoms with van der Waals surface area (Å²) in [5, 5.41) is 0.475. The van der Waals surface area contributed by atoms with Gasteiger partial charge >= 0.3 is 0 Å². The van der Waals surface area contributed by atoms with Crippen molar-refractivity contribution in [3.8, 4) is 17.2 Å². The van der Waals surface area contributed by atoms with Crippen LogP contribution in [0.1, 0.15) is 46.0 Å². The molecule has 0 saturated heterocycles. The van der Waals surface area contributed by atoms with Crippen LogP contribution in [0.4, 0.5) is 0 Å². The van der Waals surface area contributed by atoms with Crippen molar-refractivity contribution in [1.29, 1.82) is 0 Å². The Bertz CT molecular complexity index is 1860. The second-order valence-electron chi connectivity index (χ2n) is 10.8. The molecule has 0 atom stereocenters. The predicted molar refractivity (Wildman–Crippen MR) is 164 cm³/mol. The molecule has 2 heterocycles. The Morgan fingerprint density at radius 1 is 0.767 bits per heavy atom. The van der Waals surface area contributed by atoms with Gasteiger partial charge in [-0.3, -0.25) is 23.9 Å². The van der Waals surface area contributed by atoms with Crippen LogP contribution in [0, 0.1) is 5.92 Å². The number of hydrogen-bond acceptors (Lipinski definition) is 6. The summed E-state index contributed by atoms with van der Waals surface area (Å²) in [4.78, 5) is 46.5. The summed E-state index contributed by atoms with van der Waals surface area (Å²) in [5.41, 5.74) is 2.58. The minimum absolute atomic E-state index is 0.0546. The van der Waals surface area contributed by atoms with Crippen LogP contribution in [0.3, 0.4) is 0 Å². The van der Waals surface area contributed by atoms with Crippen molar-refractivity contribution in [2.24, 2.45) is 5.92 Å². The van der Waals surface area contributed by atoms with Crippen LogP contribution < -0.4 is 15.0 Å². The van der Waals surface area contributed by atoms with Crippen LogP contribution in [-0.2, 0) is 13.0 Å². The van der Waals surface area contributed by atoms with E-state index in [0.29, 0.717) is 52.7 Å². The van der Waals surface area contributed by atoms with Crippen molar-refractivity contribution in [3.05, 3.63) is 130 Å². The van der Waals surface area contributed by atoms with E-state index in [1.165, 1.54) is 4.90 Å². The van der Waals surface area contributed by atoms with E-state index in [1.807, 2.05) is 74.5 Å². The molecule has 1 aliphatic rings. The Morgan fingerprint density at radius 3 is 2.28 bits per heavy atom. The summed E-state index contributed by atoms with van der Waals surface area (Å²) < 4.78 is 13.3. The number of benzene rings is 4. The van der Waals surface area contributed by atoms with Gasteiger partial charge in [-0.1, -0.05) is 62.4 Å². The molecular formula is C35H31N3O5. The lowest BCUT2D eigenvalue weighted by Crippen LogP contribution is -2.33. The van der Waals surface area contributed by atoms with Crippen molar-refractivity contribution >= 4 is 22.7 Å². The Morgan fingerprint density at radius 2 is 1.51 bits per heavy atom. The van der Waals surface area contributed by atoms with Gasteiger partial charge in [0, 0.05) is 13.0 Å². The highest BCUT2D eigenvalue weighted by atomic mass is 16.5. The van der Waals surface area contributed by atoms with Crippen molar-refractivity contribution < 1.29 is 19.1 Å². The molecule has 216 valence electrons. The summed E-state index contributed by atoms with van der Waals surface area (Å²) in [7, 11) is 0. The average molecular weight is 574 g/mol. The molecule has 0 N–H and O–H groups in total. The Hall–Kier alpha value is -5.24. The first kappa shape index (κ1) is 27.9.